The first kappa shape index (κ1) is 16.1. The molecule has 0 amide bonds. The van der Waals surface area contributed by atoms with Gasteiger partial charge in [0.15, 0.2) is 0 Å². The number of carbonyl (C=O) groups is 2. The first-order valence-electron chi connectivity index (χ1n) is 4.08. The van der Waals surface area contributed by atoms with Crippen molar-refractivity contribution >= 4 is 37.2 Å². The maximum atomic E-state index is 10.3. The number of ether oxygens (including phenoxy) is 1. The van der Waals surface area contributed by atoms with Gasteiger partial charge in [0.05, 0.1) is 13.5 Å². The number of hydrogen-bond donors (Lipinski definition) is 3. The summed E-state index contributed by atoms with van der Waals surface area (Å²) in [5.74, 6) is 0.230. The highest BCUT2D eigenvalue weighted by Gasteiger charge is 1.95. The second kappa shape index (κ2) is 12.6. The van der Waals surface area contributed by atoms with E-state index in [0.29, 0.717) is 12.2 Å². The van der Waals surface area contributed by atoms with E-state index in [4.69, 9.17) is 5.11 Å². The van der Waals surface area contributed by atoms with E-state index < -0.39 is 5.97 Å². The molecule has 0 aromatic carbocycles. The summed E-state index contributed by atoms with van der Waals surface area (Å²) in [4.78, 5) is 19.9. The third kappa shape index (κ3) is 17.7. The van der Waals surface area contributed by atoms with Crippen LogP contribution >= 0.6 is 25.3 Å². The van der Waals surface area contributed by atoms with Crippen molar-refractivity contribution < 1.29 is 19.4 Å². The zero-order valence-corrected chi connectivity index (χ0v) is 9.89. The molecule has 0 radical (unpaired) electrons. The zero-order chi connectivity index (χ0) is 11.4. The molecule has 0 heterocycles. The van der Waals surface area contributed by atoms with Crippen LogP contribution < -0.4 is 0 Å². The number of carbonyl (C=O) groups excluding carboxylic acids is 1. The van der Waals surface area contributed by atoms with E-state index in [2.05, 4.69) is 30.0 Å². The summed E-state index contributed by atoms with van der Waals surface area (Å²) in [5.41, 5.74) is 0. The topological polar surface area (TPSA) is 63.6 Å². The van der Waals surface area contributed by atoms with Crippen molar-refractivity contribution in [3.8, 4) is 0 Å². The molecule has 0 aromatic rings. The second-order valence-corrected chi connectivity index (χ2v) is 3.17. The Morgan fingerprint density at radius 1 is 1.21 bits per heavy atom. The number of esters is 1. The van der Waals surface area contributed by atoms with E-state index in [9.17, 15) is 9.59 Å². The Hall–Kier alpha value is -0.360. The lowest BCUT2D eigenvalue weighted by atomic mass is 10.3. The number of carboxylic acid groups (broad SMARTS) is 1. The van der Waals surface area contributed by atoms with Crippen LogP contribution in [-0.2, 0) is 14.3 Å². The van der Waals surface area contributed by atoms with E-state index in [1.807, 2.05) is 0 Å². The molecule has 0 saturated heterocycles. The van der Waals surface area contributed by atoms with Crippen LogP contribution in [0.3, 0.4) is 0 Å². The van der Waals surface area contributed by atoms with Crippen LogP contribution in [0.2, 0.25) is 0 Å². The average molecular weight is 240 g/mol. The van der Waals surface area contributed by atoms with Crippen LogP contribution in [0, 0.1) is 0 Å². The van der Waals surface area contributed by atoms with Crippen molar-refractivity contribution in [2.45, 2.75) is 19.3 Å². The van der Waals surface area contributed by atoms with Gasteiger partial charge in [0.2, 0.25) is 0 Å². The minimum atomic E-state index is -0.787. The van der Waals surface area contributed by atoms with Crippen LogP contribution in [0.5, 0.6) is 0 Å². The molecule has 0 atom stereocenters. The molecular formula is C8H16O4S2. The fourth-order valence-corrected chi connectivity index (χ4v) is 0.771. The third-order valence-electron chi connectivity index (χ3n) is 1.09. The van der Waals surface area contributed by atoms with E-state index in [1.54, 1.807) is 0 Å². The maximum Gasteiger partial charge on any atom is 0.305 e. The van der Waals surface area contributed by atoms with E-state index in [0.717, 1.165) is 12.2 Å². The summed E-state index contributed by atoms with van der Waals surface area (Å²) < 4.78 is 4.38. The van der Waals surface area contributed by atoms with Crippen molar-refractivity contribution in [2.75, 3.05) is 18.6 Å². The summed E-state index contributed by atoms with van der Waals surface area (Å²) in [7, 11) is 1.39. The van der Waals surface area contributed by atoms with E-state index in [1.165, 1.54) is 7.11 Å². The summed E-state index contributed by atoms with van der Waals surface area (Å²) >= 11 is 7.61. The first-order chi connectivity index (χ1) is 6.58. The molecule has 0 rings (SSSR count). The number of hydrogen-bond acceptors (Lipinski definition) is 5. The third-order valence-corrected chi connectivity index (χ3v) is 1.63. The van der Waals surface area contributed by atoms with Crippen molar-refractivity contribution in [3.05, 3.63) is 0 Å². The summed E-state index contributed by atoms with van der Waals surface area (Å²) in [6, 6.07) is 0. The van der Waals surface area contributed by atoms with Crippen molar-refractivity contribution in [2.24, 2.45) is 0 Å². The molecule has 1 N–H and O–H groups in total. The fourth-order valence-electron chi connectivity index (χ4n) is 0.421. The number of carboxylic acids is 1. The fraction of sp³-hybridized carbons (Fsp3) is 0.750. The SMILES string of the molecule is COC(=O)CCCS.O=C(O)CCS. The van der Waals surface area contributed by atoms with Crippen LogP contribution in [0.1, 0.15) is 19.3 Å². The maximum absolute atomic E-state index is 10.3. The summed E-state index contributed by atoms with van der Waals surface area (Å²) in [6.45, 7) is 0. The van der Waals surface area contributed by atoms with Gasteiger partial charge in [-0.3, -0.25) is 9.59 Å². The Morgan fingerprint density at radius 3 is 2.00 bits per heavy atom. The molecular weight excluding hydrogens is 224 g/mol. The molecule has 0 bridgehead atoms. The van der Waals surface area contributed by atoms with Gasteiger partial charge in [0, 0.05) is 12.2 Å². The lowest BCUT2D eigenvalue weighted by Gasteiger charge is -1.93. The van der Waals surface area contributed by atoms with Crippen LogP contribution in [0.15, 0.2) is 0 Å². The Balaban J connectivity index is 0. The van der Waals surface area contributed by atoms with Crippen molar-refractivity contribution in [3.63, 3.8) is 0 Å². The molecule has 0 aliphatic rings. The highest BCUT2D eigenvalue weighted by Crippen LogP contribution is 1.92. The number of thiol groups is 2. The van der Waals surface area contributed by atoms with Crippen molar-refractivity contribution in [1.29, 1.82) is 0 Å². The highest BCUT2D eigenvalue weighted by molar-refractivity contribution is 7.80. The molecule has 0 aromatic heterocycles. The van der Waals surface area contributed by atoms with E-state index >= 15 is 0 Å². The van der Waals surface area contributed by atoms with E-state index in [-0.39, 0.29) is 12.4 Å². The average Bonchev–Trinajstić information content (AvgIpc) is 2.15. The largest absolute Gasteiger partial charge is 0.481 e. The zero-order valence-electron chi connectivity index (χ0n) is 8.10. The smallest absolute Gasteiger partial charge is 0.305 e. The molecule has 0 unspecified atom stereocenters. The molecule has 0 saturated carbocycles. The predicted octanol–water partition coefficient (Wildman–Crippen LogP) is 1.26. The molecule has 0 aliphatic heterocycles. The van der Waals surface area contributed by atoms with Gasteiger partial charge >= 0.3 is 11.9 Å². The van der Waals surface area contributed by atoms with Gasteiger partial charge in [0.1, 0.15) is 0 Å². The molecule has 4 nitrogen and oxygen atoms in total. The molecule has 6 heteroatoms. The molecule has 0 aliphatic carbocycles. The molecule has 0 fully saturated rings. The van der Waals surface area contributed by atoms with Crippen LogP contribution in [0.4, 0.5) is 0 Å². The van der Waals surface area contributed by atoms with Gasteiger partial charge in [-0.1, -0.05) is 0 Å². The lowest BCUT2D eigenvalue weighted by Crippen LogP contribution is -1.99. The highest BCUT2D eigenvalue weighted by atomic mass is 32.1. The summed E-state index contributed by atoms with van der Waals surface area (Å²) in [6.07, 6.45) is 1.44. The summed E-state index contributed by atoms with van der Waals surface area (Å²) in [5, 5.41) is 7.86. The first-order valence-corrected chi connectivity index (χ1v) is 5.35. The number of rotatable bonds is 5. The van der Waals surface area contributed by atoms with Crippen molar-refractivity contribution in [1.82, 2.24) is 0 Å². The van der Waals surface area contributed by atoms with Gasteiger partial charge in [-0.05, 0) is 12.2 Å². The predicted molar refractivity (Wildman–Crippen MR) is 61.2 cm³/mol. The minimum absolute atomic E-state index is 0.154. The Kier molecular flexibility index (Phi) is 14.5. The van der Waals surface area contributed by atoms with Gasteiger partial charge in [-0.15, -0.1) is 0 Å². The molecule has 84 valence electrons. The number of methoxy groups -OCH3 is 1. The monoisotopic (exact) mass is 240 g/mol. The molecule has 14 heavy (non-hydrogen) atoms. The Labute approximate surface area is 94.8 Å². The standard InChI is InChI=1S/C5H10O2S.C3H6O2S/c1-7-5(6)3-2-4-8;4-3(5)1-2-6/h8H,2-4H2,1H3;6H,1-2H2,(H,4,5). The number of aliphatic carboxylic acids is 1. The second-order valence-electron chi connectivity index (χ2n) is 2.27. The van der Waals surface area contributed by atoms with Gasteiger partial charge in [-0.2, -0.15) is 25.3 Å². The Bertz CT molecular complexity index is 161. The lowest BCUT2D eigenvalue weighted by molar-refractivity contribution is -0.140. The van der Waals surface area contributed by atoms with Gasteiger partial charge < -0.3 is 9.84 Å². The minimum Gasteiger partial charge on any atom is -0.481 e. The molecule has 0 spiro atoms. The van der Waals surface area contributed by atoms with Gasteiger partial charge in [0.25, 0.3) is 0 Å². The quantitative estimate of drug-likeness (QED) is 0.500. The van der Waals surface area contributed by atoms with Gasteiger partial charge in [-0.25, -0.2) is 0 Å². The Morgan fingerprint density at radius 2 is 1.79 bits per heavy atom. The van der Waals surface area contributed by atoms with Crippen LogP contribution in [0.25, 0.3) is 0 Å². The van der Waals surface area contributed by atoms with Crippen LogP contribution in [-0.4, -0.2) is 35.7 Å². The normalized spacial score (nSPS) is 8.50.